The van der Waals surface area contributed by atoms with Crippen molar-refractivity contribution in [3.05, 3.63) is 77.7 Å². The van der Waals surface area contributed by atoms with Crippen LogP contribution in [0.4, 0.5) is 5.69 Å². The molecule has 0 fully saturated rings. The third-order valence-electron chi connectivity index (χ3n) is 3.93. The van der Waals surface area contributed by atoms with E-state index in [1.807, 2.05) is 0 Å². The number of benzene rings is 2. The fraction of sp³-hybridized carbons (Fsp3) is 0.0500. The Morgan fingerprint density at radius 2 is 1.79 bits per heavy atom. The van der Waals surface area contributed by atoms with Crippen LogP contribution in [-0.4, -0.2) is 24.8 Å². The molecule has 2 aromatic carbocycles. The van der Waals surface area contributed by atoms with Gasteiger partial charge in [-0.15, -0.1) is 0 Å². The minimum Gasteiger partial charge on any atom is -0.459 e. The number of amides is 2. The molecular weight excluding hydrogens is 362 g/mol. The molecule has 0 atom stereocenters. The fourth-order valence-corrected chi connectivity index (χ4v) is 2.53. The molecule has 4 rings (SSSR count). The molecule has 2 heterocycles. The highest BCUT2D eigenvalue weighted by molar-refractivity contribution is 6.02. The summed E-state index contributed by atoms with van der Waals surface area (Å²) in [6.07, 6.45) is 2.93. The minimum absolute atomic E-state index is 0.199. The Morgan fingerprint density at radius 3 is 2.57 bits per heavy atom. The standard InChI is InChI=1S/C20H15N3O5/c24-19(23-21-11-13-3-8-16-18(10-13)28-12-27-16)14-4-6-15(7-5-14)22-20(25)17-2-1-9-26-17/h1-11H,12H2,(H,22,25)(H,23,24)/b21-11-. The van der Waals surface area contributed by atoms with Gasteiger partial charge in [-0.3, -0.25) is 9.59 Å². The smallest absolute Gasteiger partial charge is 0.291 e. The van der Waals surface area contributed by atoms with E-state index in [0.29, 0.717) is 22.7 Å². The second-order valence-electron chi connectivity index (χ2n) is 5.82. The van der Waals surface area contributed by atoms with Crippen LogP contribution < -0.4 is 20.2 Å². The van der Waals surface area contributed by atoms with Gasteiger partial charge in [0.25, 0.3) is 11.8 Å². The van der Waals surface area contributed by atoms with Gasteiger partial charge in [-0.2, -0.15) is 5.10 Å². The summed E-state index contributed by atoms with van der Waals surface area (Å²) in [7, 11) is 0. The number of rotatable bonds is 5. The van der Waals surface area contributed by atoms with Gasteiger partial charge in [-0.25, -0.2) is 5.43 Å². The molecule has 3 aromatic rings. The zero-order chi connectivity index (χ0) is 19.3. The number of anilines is 1. The molecule has 0 saturated carbocycles. The number of furan rings is 1. The number of carbonyl (C=O) groups excluding carboxylic acids is 2. The van der Waals surface area contributed by atoms with Gasteiger partial charge >= 0.3 is 0 Å². The Balaban J connectivity index is 1.34. The maximum absolute atomic E-state index is 12.2. The van der Waals surface area contributed by atoms with Crippen LogP contribution in [0.1, 0.15) is 26.5 Å². The van der Waals surface area contributed by atoms with E-state index in [2.05, 4.69) is 15.8 Å². The van der Waals surface area contributed by atoms with Crippen molar-refractivity contribution in [3.8, 4) is 11.5 Å². The molecular formula is C20H15N3O5. The van der Waals surface area contributed by atoms with Crippen molar-refractivity contribution in [3.63, 3.8) is 0 Å². The van der Waals surface area contributed by atoms with Crippen LogP contribution in [0.25, 0.3) is 0 Å². The van der Waals surface area contributed by atoms with E-state index < -0.39 is 0 Å². The van der Waals surface area contributed by atoms with Gasteiger partial charge in [0.2, 0.25) is 6.79 Å². The minimum atomic E-state index is -0.374. The topological polar surface area (TPSA) is 102 Å². The maximum Gasteiger partial charge on any atom is 0.291 e. The van der Waals surface area contributed by atoms with Crippen molar-refractivity contribution in [1.82, 2.24) is 5.43 Å². The molecule has 8 heteroatoms. The summed E-state index contributed by atoms with van der Waals surface area (Å²) in [5, 5.41) is 6.62. The van der Waals surface area contributed by atoms with E-state index in [0.717, 1.165) is 5.56 Å². The van der Waals surface area contributed by atoms with Gasteiger partial charge in [-0.1, -0.05) is 0 Å². The Bertz CT molecular complexity index is 1030. The van der Waals surface area contributed by atoms with E-state index in [-0.39, 0.29) is 24.4 Å². The van der Waals surface area contributed by atoms with E-state index >= 15 is 0 Å². The molecule has 2 N–H and O–H groups in total. The molecule has 0 radical (unpaired) electrons. The molecule has 140 valence electrons. The average Bonchev–Trinajstić information content (AvgIpc) is 3.40. The van der Waals surface area contributed by atoms with Crippen molar-refractivity contribution in [2.45, 2.75) is 0 Å². The molecule has 0 bridgehead atoms. The first-order valence-electron chi connectivity index (χ1n) is 8.37. The molecule has 0 aliphatic carbocycles. The van der Waals surface area contributed by atoms with Gasteiger partial charge in [0.15, 0.2) is 17.3 Å². The lowest BCUT2D eigenvalue weighted by atomic mass is 10.2. The summed E-state index contributed by atoms with van der Waals surface area (Å²) < 4.78 is 15.6. The first-order chi connectivity index (χ1) is 13.7. The van der Waals surface area contributed by atoms with Gasteiger partial charge in [-0.05, 0) is 60.2 Å². The third kappa shape index (κ3) is 3.85. The Labute approximate surface area is 159 Å². The summed E-state index contributed by atoms with van der Waals surface area (Å²) in [5.74, 6) is 0.791. The van der Waals surface area contributed by atoms with Crippen LogP contribution in [0.2, 0.25) is 0 Å². The Kier molecular flexibility index (Phi) is 4.75. The van der Waals surface area contributed by atoms with E-state index in [1.165, 1.54) is 12.5 Å². The van der Waals surface area contributed by atoms with E-state index in [1.54, 1.807) is 54.6 Å². The summed E-state index contributed by atoms with van der Waals surface area (Å²) >= 11 is 0. The van der Waals surface area contributed by atoms with Crippen molar-refractivity contribution in [1.29, 1.82) is 0 Å². The summed E-state index contributed by atoms with van der Waals surface area (Å²) in [6.45, 7) is 0.199. The van der Waals surface area contributed by atoms with Crippen molar-refractivity contribution >= 4 is 23.7 Å². The Morgan fingerprint density at radius 1 is 0.964 bits per heavy atom. The van der Waals surface area contributed by atoms with Gasteiger partial charge in [0, 0.05) is 11.3 Å². The van der Waals surface area contributed by atoms with Gasteiger partial charge in [0.1, 0.15) is 0 Å². The average molecular weight is 377 g/mol. The quantitative estimate of drug-likeness (QED) is 0.526. The second-order valence-corrected chi connectivity index (χ2v) is 5.82. The summed E-state index contributed by atoms with van der Waals surface area (Å²) in [4.78, 5) is 24.1. The van der Waals surface area contributed by atoms with Crippen molar-refractivity contribution in [2.24, 2.45) is 5.10 Å². The van der Waals surface area contributed by atoms with Crippen molar-refractivity contribution < 1.29 is 23.5 Å². The lowest BCUT2D eigenvalue weighted by Crippen LogP contribution is -2.17. The van der Waals surface area contributed by atoms with Crippen LogP contribution in [-0.2, 0) is 0 Å². The number of nitrogens with one attached hydrogen (secondary N) is 2. The number of nitrogens with zero attached hydrogens (tertiary/aromatic N) is 1. The largest absolute Gasteiger partial charge is 0.459 e. The number of hydrogen-bond acceptors (Lipinski definition) is 6. The monoisotopic (exact) mass is 377 g/mol. The molecule has 0 saturated heterocycles. The number of hydrogen-bond donors (Lipinski definition) is 2. The predicted octanol–water partition coefficient (Wildman–Crippen LogP) is 3.02. The summed E-state index contributed by atoms with van der Waals surface area (Å²) in [6, 6.07) is 15.0. The number of fused-ring (bicyclic) bond motifs is 1. The molecule has 8 nitrogen and oxygen atoms in total. The third-order valence-corrected chi connectivity index (χ3v) is 3.93. The van der Waals surface area contributed by atoms with Crippen molar-refractivity contribution in [2.75, 3.05) is 12.1 Å². The normalized spacial score (nSPS) is 12.1. The highest BCUT2D eigenvalue weighted by Crippen LogP contribution is 2.31. The zero-order valence-corrected chi connectivity index (χ0v) is 14.5. The van der Waals surface area contributed by atoms with Gasteiger partial charge < -0.3 is 19.2 Å². The molecule has 0 unspecified atom stereocenters. The molecule has 1 aliphatic rings. The van der Waals surface area contributed by atoms with E-state index in [4.69, 9.17) is 13.9 Å². The fourth-order valence-electron chi connectivity index (χ4n) is 2.53. The molecule has 0 spiro atoms. The van der Waals surface area contributed by atoms with Crippen LogP contribution in [0.3, 0.4) is 0 Å². The predicted molar refractivity (Wildman–Crippen MR) is 101 cm³/mol. The number of carbonyl (C=O) groups is 2. The number of ether oxygens (including phenoxy) is 2. The van der Waals surface area contributed by atoms with Crippen LogP contribution >= 0.6 is 0 Å². The Hall–Kier alpha value is -4.07. The first kappa shape index (κ1) is 17.3. The zero-order valence-electron chi connectivity index (χ0n) is 14.5. The lowest BCUT2D eigenvalue weighted by Gasteiger charge is -2.04. The molecule has 28 heavy (non-hydrogen) atoms. The van der Waals surface area contributed by atoms with Gasteiger partial charge in [0.05, 0.1) is 12.5 Å². The second kappa shape index (κ2) is 7.67. The molecule has 2 amide bonds. The first-order valence-corrected chi connectivity index (χ1v) is 8.37. The summed E-state index contributed by atoms with van der Waals surface area (Å²) in [5.41, 5.74) is 4.16. The SMILES string of the molecule is O=C(N/N=C\c1ccc2c(c1)OCO2)c1ccc(NC(=O)c2ccco2)cc1. The molecule has 1 aliphatic heterocycles. The lowest BCUT2D eigenvalue weighted by molar-refractivity contribution is 0.0954. The van der Waals surface area contributed by atoms with E-state index in [9.17, 15) is 9.59 Å². The highest BCUT2D eigenvalue weighted by Gasteiger charge is 2.13. The maximum atomic E-state index is 12.2. The highest BCUT2D eigenvalue weighted by atomic mass is 16.7. The van der Waals surface area contributed by atoms with Crippen LogP contribution in [0.15, 0.2) is 70.4 Å². The van der Waals surface area contributed by atoms with Crippen LogP contribution in [0.5, 0.6) is 11.5 Å². The number of hydrazone groups is 1. The molecule has 1 aromatic heterocycles. The van der Waals surface area contributed by atoms with Crippen LogP contribution in [0, 0.1) is 0 Å².